The molecule has 5 heteroatoms. The van der Waals surface area contributed by atoms with E-state index in [2.05, 4.69) is 6.58 Å². The van der Waals surface area contributed by atoms with E-state index in [1.165, 1.54) is 6.08 Å². The molecule has 5 nitrogen and oxygen atoms in total. The molecule has 1 aliphatic rings. The molecule has 1 fully saturated rings. The molecule has 2 atom stereocenters. The maximum Gasteiger partial charge on any atom is 0.305 e. The number of benzene rings is 2. The van der Waals surface area contributed by atoms with Crippen LogP contribution >= 0.6 is 0 Å². The lowest BCUT2D eigenvalue weighted by Gasteiger charge is -2.23. The van der Waals surface area contributed by atoms with E-state index in [9.17, 15) is 0 Å². The molecule has 0 saturated carbocycles. The van der Waals surface area contributed by atoms with Crippen LogP contribution in [0.2, 0.25) is 0 Å². The monoisotopic (exact) mass is 356 g/mol. The van der Waals surface area contributed by atoms with Crippen LogP contribution in [-0.2, 0) is 14.2 Å². The van der Waals surface area contributed by atoms with Crippen molar-refractivity contribution in [3.63, 3.8) is 0 Å². The first-order valence-corrected chi connectivity index (χ1v) is 8.57. The molecular weight excluding hydrogens is 332 g/mol. The van der Waals surface area contributed by atoms with Crippen molar-refractivity contribution in [3.05, 3.63) is 72.3 Å². The molecule has 1 saturated heterocycles. The van der Waals surface area contributed by atoms with Gasteiger partial charge in [0, 0.05) is 17.7 Å². The lowest BCUT2D eigenvalue weighted by Crippen LogP contribution is -2.31. The fourth-order valence-corrected chi connectivity index (χ4v) is 3.19. The smallest absolute Gasteiger partial charge is 0.305 e. The maximum absolute atomic E-state index is 6.24. The largest absolute Gasteiger partial charge is 0.496 e. The molecule has 0 aromatic heterocycles. The highest BCUT2D eigenvalue weighted by Gasteiger charge is 2.49. The summed E-state index contributed by atoms with van der Waals surface area (Å²) in [6.07, 6.45) is 0.632. The number of hydrogen-bond acceptors (Lipinski definition) is 5. The van der Waals surface area contributed by atoms with Crippen molar-refractivity contribution in [3.8, 4) is 11.5 Å². The van der Waals surface area contributed by atoms with Gasteiger partial charge >= 0.3 is 5.97 Å². The minimum absolute atomic E-state index is 0.420. The van der Waals surface area contributed by atoms with Crippen LogP contribution in [0.4, 0.5) is 0 Å². The molecule has 2 aromatic carbocycles. The molecule has 0 bridgehead atoms. The summed E-state index contributed by atoms with van der Waals surface area (Å²) in [6.45, 7) is 6.14. The van der Waals surface area contributed by atoms with Gasteiger partial charge in [0.1, 0.15) is 23.7 Å². The van der Waals surface area contributed by atoms with Crippen LogP contribution in [0.5, 0.6) is 11.5 Å². The van der Waals surface area contributed by atoms with E-state index in [0.717, 1.165) is 22.6 Å². The number of hydrogen-bond donors (Lipinski definition) is 0. The minimum atomic E-state index is -1.33. The summed E-state index contributed by atoms with van der Waals surface area (Å²) in [5.74, 6) is 0.112. The molecule has 2 unspecified atom stereocenters. The van der Waals surface area contributed by atoms with Crippen LogP contribution in [-0.4, -0.2) is 26.8 Å². The highest BCUT2D eigenvalue weighted by Crippen LogP contribution is 2.51. The third-order valence-corrected chi connectivity index (χ3v) is 4.34. The van der Waals surface area contributed by atoms with Gasteiger partial charge in [0.25, 0.3) is 0 Å². The molecule has 0 aliphatic carbocycles. The predicted molar refractivity (Wildman–Crippen MR) is 98.2 cm³/mol. The van der Waals surface area contributed by atoms with E-state index in [1.54, 1.807) is 14.2 Å². The summed E-state index contributed by atoms with van der Waals surface area (Å²) < 4.78 is 29.3. The van der Waals surface area contributed by atoms with Gasteiger partial charge in [-0.05, 0) is 25.1 Å². The fourth-order valence-electron chi connectivity index (χ4n) is 3.19. The van der Waals surface area contributed by atoms with Crippen LogP contribution in [0.1, 0.15) is 30.3 Å². The predicted octanol–water partition coefficient (Wildman–Crippen LogP) is 4.41. The van der Waals surface area contributed by atoms with Crippen LogP contribution in [0.25, 0.3) is 0 Å². The second kappa shape index (κ2) is 7.91. The standard InChI is InChI=1S/C21H24O5/c1-5-21(24-6-2)25-19(15-11-7-9-13-17(15)22-3)20(26-21)16-12-8-10-14-18(16)23-4/h5,7-14,19-20H,1,6H2,2-4H3. The van der Waals surface area contributed by atoms with Crippen molar-refractivity contribution in [1.82, 2.24) is 0 Å². The molecule has 0 amide bonds. The zero-order chi connectivity index (χ0) is 18.6. The van der Waals surface area contributed by atoms with Crippen LogP contribution in [0.15, 0.2) is 61.2 Å². The second-order valence-corrected chi connectivity index (χ2v) is 5.80. The summed E-state index contributed by atoms with van der Waals surface area (Å²) in [5, 5.41) is 0. The Hall–Kier alpha value is -2.34. The fraction of sp³-hybridized carbons (Fsp3) is 0.333. The zero-order valence-corrected chi connectivity index (χ0v) is 15.3. The molecule has 0 radical (unpaired) electrons. The molecular formula is C21H24O5. The Balaban J connectivity index is 2.10. The van der Waals surface area contributed by atoms with Crippen LogP contribution in [0.3, 0.4) is 0 Å². The highest BCUT2D eigenvalue weighted by molar-refractivity contribution is 5.41. The average molecular weight is 356 g/mol. The first-order chi connectivity index (χ1) is 12.7. The highest BCUT2D eigenvalue weighted by atomic mass is 16.9. The Kier molecular flexibility index (Phi) is 5.61. The molecule has 1 aliphatic heterocycles. The molecule has 138 valence electrons. The summed E-state index contributed by atoms with van der Waals surface area (Å²) in [7, 11) is 3.27. The Labute approximate surface area is 154 Å². The van der Waals surface area contributed by atoms with Crippen molar-refractivity contribution in [1.29, 1.82) is 0 Å². The second-order valence-electron chi connectivity index (χ2n) is 5.80. The van der Waals surface area contributed by atoms with Crippen molar-refractivity contribution >= 4 is 0 Å². The van der Waals surface area contributed by atoms with Gasteiger partial charge < -0.3 is 23.7 Å². The Bertz CT molecular complexity index is 702. The first kappa shape index (κ1) is 18.5. The van der Waals surface area contributed by atoms with E-state index in [-0.39, 0.29) is 0 Å². The first-order valence-electron chi connectivity index (χ1n) is 8.57. The quantitative estimate of drug-likeness (QED) is 0.688. The van der Waals surface area contributed by atoms with E-state index >= 15 is 0 Å². The Morgan fingerprint density at radius 3 is 1.77 bits per heavy atom. The van der Waals surface area contributed by atoms with E-state index < -0.39 is 18.2 Å². The maximum atomic E-state index is 6.24. The van der Waals surface area contributed by atoms with Crippen LogP contribution in [0, 0.1) is 0 Å². The summed E-state index contributed by atoms with van der Waals surface area (Å²) in [6, 6.07) is 15.4. The molecule has 0 N–H and O–H groups in total. The topological polar surface area (TPSA) is 46.2 Å². The normalized spacial score (nSPS) is 25.0. The molecule has 0 spiro atoms. The van der Waals surface area contributed by atoms with E-state index in [1.807, 2.05) is 55.5 Å². The van der Waals surface area contributed by atoms with Gasteiger partial charge in [-0.25, -0.2) is 0 Å². The van der Waals surface area contributed by atoms with Gasteiger partial charge in [0.05, 0.1) is 14.2 Å². The Morgan fingerprint density at radius 2 is 1.38 bits per heavy atom. The number of ether oxygens (including phenoxy) is 5. The molecule has 2 aromatic rings. The Morgan fingerprint density at radius 1 is 0.923 bits per heavy atom. The number of para-hydroxylation sites is 2. The average Bonchev–Trinajstić information content (AvgIpc) is 3.08. The minimum Gasteiger partial charge on any atom is -0.496 e. The van der Waals surface area contributed by atoms with E-state index in [0.29, 0.717) is 6.61 Å². The summed E-state index contributed by atoms with van der Waals surface area (Å²) >= 11 is 0. The van der Waals surface area contributed by atoms with Gasteiger partial charge in [-0.2, -0.15) is 0 Å². The number of rotatable bonds is 7. The molecule has 26 heavy (non-hydrogen) atoms. The van der Waals surface area contributed by atoms with Crippen molar-refractivity contribution in [2.75, 3.05) is 20.8 Å². The zero-order valence-electron chi connectivity index (χ0n) is 15.3. The summed E-state index contributed by atoms with van der Waals surface area (Å²) in [5.41, 5.74) is 1.74. The third kappa shape index (κ3) is 3.33. The number of methoxy groups -OCH3 is 2. The van der Waals surface area contributed by atoms with Gasteiger partial charge in [-0.3, -0.25) is 0 Å². The van der Waals surface area contributed by atoms with Gasteiger partial charge in [0.2, 0.25) is 0 Å². The molecule has 1 heterocycles. The third-order valence-electron chi connectivity index (χ3n) is 4.34. The lowest BCUT2D eigenvalue weighted by atomic mass is 9.97. The van der Waals surface area contributed by atoms with Gasteiger partial charge in [-0.1, -0.05) is 43.0 Å². The summed E-state index contributed by atoms with van der Waals surface area (Å²) in [4.78, 5) is 0. The van der Waals surface area contributed by atoms with E-state index in [4.69, 9.17) is 23.7 Å². The molecule has 3 rings (SSSR count). The van der Waals surface area contributed by atoms with Crippen molar-refractivity contribution in [2.24, 2.45) is 0 Å². The van der Waals surface area contributed by atoms with Crippen molar-refractivity contribution < 1.29 is 23.7 Å². The SMILES string of the molecule is C=CC1(OCC)OC(c2ccccc2OC)C(c2ccccc2OC)O1. The van der Waals surface area contributed by atoms with Gasteiger partial charge in [-0.15, -0.1) is 0 Å². The van der Waals surface area contributed by atoms with Crippen LogP contribution < -0.4 is 9.47 Å². The lowest BCUT2D eigenvalue weighted by molar-refractivity contribution is -0.307. The van der Waals surface area contributed by atoms with Gasteiger partial charge in [0.15, 0.2) is 0 Å². The van der Waals surface area contributed by atoms with Crippen molar-refractivity contribution in [2.45, 2.75) is 25.1 Å².